The molecule has 5 nitrogen and oxygen atoms in total. The van der Waals surface area contributed by atoms with Crippen LogP contribution in [0.4, 0.5) is 5.69 Å². The van der Waals surface area contributed by atoms with Crippen LogP contribution in [0.15, 0.2) is 18.5 Å². The number of imidazole rings is 1. The molecule has 0 saturated heterocycles. The zero-order valence-corrected chi connectivity index (χ0v) is 11.0. The van der Waals surface area contributed by atoms with E-state index in [2.05, 4.69) is 4.98 Å². The Morgan fingerprint density at radius 1 is 1.39 bits per heavy atom. The molecule has 0 radical (unpaired) electrons. The molecule has 0 amide bonds. The molecule has 1 aromatic carbocycles. The first-order valence-corrected chi connectivity index (χ1v) is 5.72. The summed E-state index contributed by atoms with van der Waals surface area (Å²) in [5.74, 6) is -0.386. The summed E-state index contributed by atoms with van der Waals surface area (Å²) in [6.07, 6.45) is 1.65. The van der Waals surface area contributed by atoms with Gasteiger partial charge in [0.1, 0.15) is 5.60 Å². The summed E-state index contributed by atoms with van der Waals surface area (Å²) >= 11 is 0. The third-order valence-electron chi connectivity index (χ3n) is 2.45. The zero-order valence-electron chi connectivity index (χ0n) is 11.0. The second-order valence-corrected chi connectivity index (χ2v) is 5.29. The van der Waals surface area contributed by atoms with Gasteiger partial charge >= 0.3 is 5.97 Å². The van der Waals surface area contributed by atoms with Crippen LogP contribution in [-0.2, 0) is 11.8 Å². The van der Waals surface area contributed by atoms with Crippen LogP contribution in [0.25, 0.3) is 11.0 Å². The summed E-state index contributed by atoms with van der Waals surface area (Å²) < 4.78 is 7.16. The van der Waals surface area contributed by atoms with E-state index in [1.165, 1.54) is 0 Å². The van der Waals surface area contributed by atoms with Crippen LogP contribution in [0.5, 0.6) is 0 Å². The van der Waals surface area contributed by atoms with Gasteiger partial charge in [-0.25, -0.2) is 9.78 Å². The van der Waals surface area contributed by atoms with Crippen molar-refractivity contribution in [2.75, 3.05) is 5.73 Å². The molecule has 18 heavy (non-hydrogen) atoms. The van der Waals surface area contributed by atoms with E-state index in [0.717, 1.165) is 5.52 Å². The molecule has 5 heteroatoms. The fraction of sp³-hybridized carbons (Fsp3) is 0.385. The van der Waals surface area contributed by atoms with Crippen LogP contribution in [-0.4, -0.2) is 21.1 Å². The van der Waals surface area contributed by atoms with E-state index in [1.54, 1.807) is 23.0 Å². The van der Waals surface area contributed by atoms with Crippen LogP contribution < -0.4 is 5.73 Å². The quantitative estimate of drug-likeness (QED) is 0.619. The van der Waals surface area contributed by atoms with E-state index in [9.17, 15) is 4.79 Å². The monoisotopic (exact) mass is 247 g/mol. The summed E-state index contributed by atoms with van der Waals surface area (Å²) in [5.41, 5.74) is 7.62. The highest BCUT2D eigenvalue weighted by Crippen LogP contribution is 2.23. The molecule has 0 unspecified atom stereocenters. The molecule has 0 bridgehead atoms. The van der Waals surface area contributed by atoms with E-state index in [1.807, 2.05) is 27.8 Å². The number of anilines is 1. The lowest BCUT2D eigenvalue weighted by atomic mass is 10.1. The first-order chi connectivity index (χ1) is 8.28. The summed E-state index contributed by atoms with van der Waals surface area (Å²) in [4.78, 5) is 16.4. The van der Waals surface area contributed by atoms with Crippen molar-refractivity contribution in [3.8, 4) is 0 Å². The molecule has 96 valence electrons. The lowest BCUT2D eigenvalue weighted by Crippen LogP contribution is -2.24. The van der Waals surface area contributed by atoms with Crippen molar-refractivity contribution in [3.63, 3.8) is 0 Å². The first-order valence-electron chi connectivity index (χ1n) is 5.72. The predicted molar refractivity (Wildman–Crippen MR) is 70.3 cm³/mol. The van der Waals surface area contributed by atoms with Crippen molar-refractivity contribution in [1.29, 1.82) is 0 Å². The summed E-state index contributed by atoms with van der Waals surface area (Å²) in [7, 11) is 1.83. The Hall–Kier alpha value is -2.04. The van der Waals surface area contributed by atoms with Gasteiger partial charge in [-0.1, -0.05) is 0 Å². The normalized spacial score (nSPS) is 11.8. The molecule has 0 aliphatic rings. The Labute approximate surface area is 106 Å². The minimum atomic E-state index is -0.535. The van der Waals surface area contributed by atoms with Crippen LogP contribution in [0.1, 0.15) is 31.1 Å². The molecular formula is C13H17N3O2. The Bertz CT molecular complexity index is 608. The number of nitrogens with two attached hydrogens (primary N) is 1. The highest BCUT2D eigenvalue weighted by molar-refractivity contribution is 6.03. The number of benzene rings is 1. The number of hydrogen-bond acceptors (Lipinski definition) is 4. The van der Waals surface area contributed by atoms with Crippen molar-refractivity contribution < 1.29 is 9.53 Å². The van der Waals surface area contributed by atoms with Crippen LogP contribution >= 0.6 is 0 Å². The molecule has 0 atom stereocenters. The van der Waals surface area contributed by atoms with Gasteiger partial charge in [-0.05, 0) is 32.9 Å². The average Bonchev–Trinajstić information content (AvgIpc) is 2.56. The molecule has 0 fully saturated rings. The second-order valence-electron chi connectivity index (χ2n) is 5.29. The number of ether oxygens (including phenoxy) is 1. The average molecular weight is 247 g/mol. The molecule has 0 aliphatic heterocycles. The van der Waals surface area contributed by atoms with Crippen molar-refractivity contribution in [2.45, 2.75) is 26.4 Å². The lowest BCUT2D eigenvalue weighted by molar-refractivity contribution is 0.00714. The van der Waals surface area contributed by atoms with Gasteiger partial charge in [0.15, 0.2) is 0 Å². The molecule has 1 heterocycles. The fourth-order valence-electron chi connectivity index (χ4n) is 1.81. The lowest BCUT2D eigenvalue weighted by Gasteiger charge is -2.20. The van der Waals surface area contributed by atoms with Crippen LogP contribution in [0, 0.1) is 0 Å². The van der Waals surface area contributed by atoms with Gasteiger partial charge < -0.3 is 15.0 Å². The Kier molecular flexibility index (Phi) is 2.77. The maximum Gasteiger partial charge on any atom is 0.340 e. The highest BCUT2D eigenvalue weighted by Gasteiger charge is 2.21. The van der Waals surface area contributed by atoms with Crippen molar-refractivity contribution in [3.05, 3.63) is 24.0 Å². The van der Waals surface area contributed by atoms with Gasteiger partial charge in [0.2, 0.25) is 0 Å². The minimum Gasteiger partial charge on any atom is -0.456 e. The number of nitrogens with zero attached hydrogens (tertiary/aromatic N) is 2. The molecule has 0 aliphatic carbocycles. The Morgan fingerprint density at radius 3 is 2.67 bits per heavy atom. The molecule has 1 aromatic heterocycles. The zero-order chi connectivity index (χ0) is 13.5. The minimum absolute atomic E-state index is 0.386. The molecular weight excluding hydrogens is 230 g/mol. The highest BCUT2D eigenvalue weighted by atomic mass is 16.6. The number of aromatic nitrogens is 2. The second kappa shape index (κ2) is 4.01. The topological polar surface area (TPSA) is 70.1 Å². The maximum atomic E-state index is 12.2. The first kappa shape index (κ1) is 12.4. The largest absolute Gasteiger partial charge is 0.456 e. The SMILES string of the molecule is Cn1cnc2cc(N)cc(C(=O)OC(C)(C)C)c21. The predicted octanol–water partition coefficient (Wildman–Crippen LogP) is 2.11. The van der Waals surface area contributed by atoms with Gasteiger partial charge in [-0.2, -0.15) is 0 Å². The molecule has 2 rings (SSSR count). The van der Waals surface area contributed by atoms with E-state index in [0.29, 0.717) is 16.8 Å². The Morgan fingerprint density at radius 2 is 2.06 bits per heavy atom. The molecule has 0 saturated carbocycles. The van der Waals surface area contributed by atoms with Gasteiger partial charge in [-0.15, -0.1) is 0 Å². The van der Waals surface area contributed by atoms with Gasteiger partial charge in [0.25, 0.3) is 0 Å². The van der Waals surface area contributed by atoms with E-state index < -0.39 is 5.60 Å². The number of rotatable bonds is 1. The smallest absolute Gasteiger partial charge is 0.340 e. The van der Waals surface area contributed by atoms with Crippen molar-refractivity contribution >= 4 is 22.7 Å². The molecule has 2 aromatic rings. The third kappa shape index (κ3) is 2.30. The summed E-state index contributed by atoms with van der Waals surface area (Å²) in [6.45, 7) is 5.49. The molecule has 2 N–H and O–H groups in total. The summed E-state index contributed by atoms with van der Waals surface area (Å²) in [6, 6.07) is 3.36. The van der Waals surface area contributed by atoms with Gasteiger partial charge in [0, 0.05) is 12.7 Å². The Balaban J connectivity index is 2.56. The van der Waals surface area contributed by atoms with Crippen LogP contribution in [0.2, 0.25) is 0 Å². The van der Waals surface area contributed by atoms with E-state index in [4.69, 9.17) is 10.5 Å². The number of nitrogen functional groups attached to an aromatic ring is 1. The number of aryl methyl sites for hydroxylation is 1. The summed E-state index contributed by atoms with van der Waals surface area (Å²) in [5, 5.41) is 0. The van der Waals surface area contributed by atoms with E-state index in [-0.39, 0.29) is 5.97 Å². The number of carbonyl (C=O) groups is 1. The van der Waals surface area contributed by atoms with Crippen molar-refractivity contribution in [1.82, 2.24) is 9.55 Å². The number of carbonyl (C=O) groups excluding carboxylic acids is 1. The number of hydrogen-bond donors (Lipinski definition) is 1. The number of esters is 1. The standard InChI is InChI=1S/C13H17N3O2/c1-13(2,3)18-12(17)9-5-8(14)6-10-11(9)16(4)7-15-10/h5-7H,14H2,1-4H3. The number of fused-ring (bicyclic) bond motifs is 1. The maximum absolute atomic E-state index is 12.2. The molecule has 0 spiro atoms. The fourth-order valence-corrected chi connectivity index (χ4v) is 1.81. The van der Waals surface area contributed by atoms with Gasteiger partial charge in [-0.3, -0.25) is 0 Å². The van der Waals surface area contributed by atoms with Gasteiger partial charge in [0.05, 0.1) is 22.9 Å². The van der Waals surface area contributed by atoms with Crippen molar-refractivity contribution in [2.24, 2.45) is 7.05 Å². The van der Waals surface area contributed by atoms with Crippen LogP contribution in [0.3, 0.4) is 0 Å². The third-order valence-corrected chi connectivity index (χ3v) is 2.45. The van der Waals surface area contributed by atoms with E-state index >= 15 is 0 Å².